The van der Waals surface area contributed by atoms with Gasteiger partial charge in [0.1, 0.15) is 12.4 Å². The van der Waals surface area contributed by atoms with Gasteiger partial charge in [0.25, 0.3) is 0 Å². The Bertz CT molecular complexity index is 418. The number of nitrogens with zero attached hydrogens (tertiary/aromatic N) is 1. The van der Waals surface area contributed by atoms with Gasteiger partial charge in [0.15, 0.2) is 0 Å². The number of fused-ring (bicyclic) bond motifs is 1. The molecule has 1 aromatic rings. The molecule has 17 heavy (non-hydrogen) atoms. The number of nitrogens with one attached hydrogen (secondary N) is 1. The summed E-state index contributed by atoms with van der Waals surface area (Å²) in [5.41, 5.74) is 0.837. The Morgan fingerprint density at radius 3 is 2.88 bits per heavy atom. The maximum absolute atomic E-state index is 12.1. The molecular weight excluding hydrogens is 216 g/mol. The van der Waals surface area contributed by atoms with E-state index in [2.05, 4.69) is 5.32 Å². The standard InChI is InChI=1S/C13H18N2O2/c1-9(2)14-13(16)15-10(3)8-17-12-7-5-4-6-11(12)15/h4-7,9-10H,8H2,1-3H3,(H,14,16). The van der Waals surface area contributed by atoms with Gasteiger partial charge in [-0.25, -0.2) is 4.79 Å². The molecule has 0 radical (unpaired) electrons. The van der Waals surface area contributed by atoms with Crippen LogP contribution in [0.3, 0.4) is 0 Å². The smallest absolute Gasteiger partial charge is 0.322 e. The molecule has 1 aliphatic rings. The number of rotatable bonds is 1. The van der Waals surface area contributed by atoms with Crippen LogP contribution < -0.4 is 15.0 Å². The monoisotopic (exact) mass is 234 g/mol. The number of ether oxygens (including phenoxy) is 1. The topological polar surface area (TPSA) is 41.6 Å². The highest BCUT2D eigenvalue weighted by Crippen LogP contribution is 2.33. The summed E-state index contributed by atoms with van der Waals surface area (Å²) in [6.07, 6.45) is 0. The van der Waals surface area contributed by atoms with Crippen LogP contribution in [0.5, 0.6) is 5.75 Å². The molecule has 0 saturated carbocycles. The fourth-order valence-corrected chi connectivity index (χ4v) is 1.93. The fraction of sp³-hybridized carbons (Fsp3) is 0.462. The number of hydrogen-bond donors (Lipinski definition) is 1. The Kier molecular flexibility index (Phi) is 3.22. The number of benzene rings is 1. The third kappa shape index (κ3) is 2.35. The Balaban J connectivity index is 2.29. The summed E-state index contributed by atoms with van der Waals surface area (Å²) >= 11 is 0. The van der Waals surface area contributed by atoms with Gasteiger partial charge in [-0.05, 0) is 32.9 Å². The number of carbonyl (C=O) groups excluding carboxylic acids is 1. The number of para-hydroxylation sites is 2. The molecule has 1 heterocycles. The first kappa shape index (κ1) is 11.8. The van der Waals surface area contributed by atoms with Crippen LogP contribution in [0.15, 0.2) is 24.3 Å². The lowest BCUT2D eigenvalue weighted by Crippen LogP contribution is -2.51. The van der Waals surface area contributed by atoms with Crippen molar-refractivity contribution in [2.45, 2.75) is 32.9 Å². The average Bonchev–Trinajstić information content (AvgIpc) is 2.27. The molecule has 1 aromatic carbocycles. The second-order valence-corrected chi connectivity index (χ2v) is 4.60. The van der Waals surface area contributed by atoms with E-state index >= 15 is 0 Å². The van der Waals surface area contributed by atoms with Gasteiger partial charge in [0.05, 0.1) is 11.7 Å². The molecule has 4 heteroatoms. The molecule has 2 amide bonds. The summed E-state index contributed by atoms with van der Waals surface area (Å²) in [7, 11) is 0. The summed E-state index contributed by atoms with van der Waals surface area (Å²) in [6, 6.07) is 7.72. The highest BCUT2D eigenvalue weighted by molar-refractivity contribution is 5.94. The first-order chi connectivity index (χ1) is 8.09. The van der Waals surface area contributed by atoms with E-state index in [0.717, 1.165) is 11.4 Å². The van der Waals surface area contributed by atoms with Crippen molar-refractivity contribution < 1.29 is 9.53 Å². The quantitative estimate of drug-likeness (QED) is 0.810. The van der Waals surface area contributed by atoms with E-state index in [1.165, 1.54) is 0 Å². The minimum absolute atomic E-state index is 0.0450. The molecule has 1 N–H and O–H groups in total. The van der Waals surface area contributed by atoms with E-state index in [9.17, 15) is 4.79 Å². The average molecular weight is 234 g/mol. The molecule has 92 valence electrons. The van der Waals surface area contributed by atoms with Crippen LogP contribution in [-0.2, 0) is 0 Å². The zero-order chi connectivity index (χ0) is 12.4. The molecule has 1 unspecified atom stereocenters. The van der Waals surface area contributed by atoms with Crippen LogP contribution in [0.4, 0.5) is 10.5 Å². The summed E-state index contributed by atoms with van der Waals surface area (Å²) in [6.45, 7) is 6.42. The predicted molar refractivity (Wildman–Crippen MR) is 67.5 cm³/mol. The van der Waals surface area contributed by atoms with Crippen LogP contribution >= 0.6 is 0 Å². The molecule has 0 aliphatic carbocycles. The lowest BCUT2D eigenvalue weighted by atomic mass is 10.2. The minimum atomic E-state index is -0.0664. The zero-order valence-electron chi connectivity index (χ0n) is 10.4. The summed E-state index contributed by atoms with van der Waals surface area (Å²) in [4.78, 5) is 13.9. The minimum Gasteiger partial charge on any atom is -0.489 e. The molecule has 0 bridgehead atoms. The van der Waals surface area contributed by atoms with Crippen molar-refractivity contribution in [2.24, 2.45) is 0 Å². The molecule has 1 atom stereocenters. The van der Waals surface area contributed by atoms with Crippen LogP contribution in [0.2, 0.25) is 0 Å². The van der Waals surface area contributed by atoms with Gasteiger partial charge in [-0.3, -0.25) is 4.90 Å². The fourth-order valence-electron chi connectivity index (χ4n) is 1.93. The van der Waals surface area contributed by atoms with Crippen molar-refractivity contribution in [1.82, 2.24) is 5.32 Å². The van der Waals surface area contributed by atoms with E-state index < -0.39 is 0 Å². The van der Waals surface area contributed by atoms with Crippen LogP contribution in [0.1, 0.15) is 20.8 Å². The van der Waals surface area contributed by atoms with Gasteiger partial charge in [-0.2, -0.15) is 0 Å². The molecule has 0 spiro atoms. The third-order valence-electron chi connectivity index (χ3n) is 2.68. The predicted octanol–water partition coefficient (Wildman–Crippen LogP) is 2.39. The first-order valence-electron chi connectivity index (χ1n) is 5.91. The number of hydrogen-bond acceptors (Lipinski definition) is 2. The maximum Gasteiger partial charge on any atom is 0.322 e. The Labute approximate surface area is 102 Å². The molecule has 2 rings (SSSR count). The number of carbonyl (C=O) groups is 1. The first-order valence-corrected chi connectivity index (χ1v) is 5.91. The lowest BCUT2D eigenvalue weighted by molar-refractivity contribution is 0.228. The van der Waals surface area contributed by atoms with Crippen molar-refractivity contribution in [2.75, 3.05) is 11.5 Å². The van der Waals surface area contributed by atoms with Crippen molar-refractivity contribution in [1.29, 1.82) is 0 Å². The Hall–Kier alpha value is -1.71. The Morgan fingerprint density at radius 2 is 2.18 bits per heavy atom. The van der Waals surface area contributed by atoms with E-state index in [4.69, 9.17) is 4.74 Å². The van der Waals surface area contributed by atoms with E-state index in [-0.39, 0.29) is 18.1 Å². The molecule has 0 fully saturated rings. The van der Waals surface area contributed by atoms with Crippen LogP contribution in [0.25, 0.3) is 0 Å². The maximum atomic E-state index is 12.1. The highest BCUT2D eigenvalue weighted by atomic mass is 16.5. The SMILES string of the molecule is CC(C)NC(=O)N1c2ccccc2OCC1C. The third-order valence-corrected chi connectivity index (χ3v) is 2.68. The van der Waals surface area contributed by atoms with Crippen molar-refractivity contribution in [3.63, 3.8) is 0 Å². The number of amides is 2. The van der Waals surface area contributed by atoms with Gasteiger partial charge in [0, 0.05) is 6.04 Å². The zero-order valence-corrected chi connectivity index (χ0v) is 10.4. The highest BCUT2D eigenvalue weighted by Gasteiger charge is 2.29. The molecule has 0 saturated heterocycles. The van der Waals surface area contributed by atoms with Crippen LogP contribution in [-0.4, -0.2) is 24.7 Å². The second-order valence-electron chi connectivity index (χ2n) is 4.60. The van der Waals surface area contributed by atoms with Gasteiger partial charge in [-0.15, -0.1) is 0 Å². The largest absolute Gasteiger partial charge is 0.489 e. The normalized spacial score (nSPS) is 18.6. The van der Waals surface area contributed by atoms with E-state index in [0.29, 0.717) is 6.61 Å². The lowest BCUT2D eigenvalue weighted by Gasteiger charge is -2.35. The van der Waals surface area contributed by atoms with Gasteiger partial charge < -0.3 is 10.1 Å². The molecule has 0 aromatic heterocycles. The molecular formula is C13H18N2O2. The summed E-state index contributed by atoms with van der Waals surface area (Å²) in [5, 5.41) is 2.92. The van der Waals surface area contributed by atoms with Crippen LogP contribution in [0, 0.1) is 0 Å². The van der Waals surface area contributed by atoms with E-state index in [1.807, 2.05) is 45.0 Å². The van der Waals surface area contributed by atoms with Crippen molar-refractivity contribution >= 4 is 11.7 Å². The van der Waals surface area contributed by atoms with Gasteiger partial charge in [-0.1, -0.05) is 12.1 Å². The van der Waals surface area contributed by atoms with Gasteiger partial charge in [0.2, 0.25) is 0 Å². The second kappa shape index (κ2) is 4.65. The van der Waals surface area contributed by atoms with Crippen molar-refractivity contribution in [3.8, 4) is 5.75 Å². The number of urea groups is 1. The molecule has 1 aliphatic heterocycles. The van der Waals surface area contributed by atoms with Gasteiger partial charge >= 0.3 is 6.03 Å². The Morgan fingerprint density at radius 1 is 1.47 bits per heavy atom. The van der Waals surface area contributed by atoms with E-state index in [1.54, 1.807) is 4.90 Å². The summed E-state index contributed by atoms with van der Waals surface area (Å²) in [5.74, 6) is 0.768. The number of anilines is 1. The summed E-state index contributed by atoms with van der Waals surface area (Å²) < 4.78 is 5.60. The van der Waals surface area contributed by atoms with Crippen molar-refractivity contribution in [3.05, 3.63) is 24.3 Å². The molecule has 4 nitrogen and oxygen atoms in total.